The first-order chi connectivity index (χ1) is 8.11. The van der Waals surface area contributed by atoms with E-state index in [2.05, 4.69) is 4.74 Å². The highest BCUT2D eigenvalue weighted by molar-refractivity contribution is 5.83. The summed E-state index contributed by atoms with van der Waals surface area (Å²) in [5.41, 5.74) is -2.60. The standard InChI is InChI=1S/C10H14F3NO4/c1-9(2,6(11)12)10(13,7(15)16)14-8(17)18-5-3-4-5/h5-6H,3-4H2,1-2H3,(H,14,17)(H,15,16). The number of alkyl carbamates (subject to hydrolysis) is 1. The van der Waals surface area contributed by atoms with Gasteiger partial charge < -0.3 is 9.84 Å². The zero-order valence-electron chi connectivity index (χ0n) is 9.87. The number of hydrogen-bond donors (Lipinski definition) is 2. The monoisotopic (exact) mass is 269 g/mol. The van der Waals surface area contributed by atoms with E-state index in [1.165, 1.54) is 5.32 Å². The first kappa shape index (κ1) is 14.6. The molecular formula is C10H14F3NO4. The molecule has 1 rings (SSSR count). The van der Waals surface area contributed by atoms with Crippen LogP contribution >= 0.6 is 0 Å². The summed E-state index contributed by atoms with van der Waals surface area (Å²) in [6.45, 7) is 1.42. The Bertz CT molecular complexity index is 357. The molecule has 104 valence electrons. The lowest BCUT2D eigenvalue weighted by molar-refractivity contribution is -0.176. The predicted octanol–water partition coefficient (Wildman–Crippen LogP) is 1.92. The van der Waals surface area contributed by atoms with Gasteiger partial charge in [0.05, 0.1) is 5.41 Å². The Morgan fingerprint density at radius 2 is 1.89 bits per heavy atom. The van der Waals surface area contributed by atoms with Crippen molar-refractivity contribution in [1.29, 1.82) is 0 Å². The van der Waals surface area contributed by atoms with Crippen LogP contribution in [0.4, 0.5) is 18.0 Å². The third-order valence-corrected chi connectivity index (χ3v) is 2.80. The first-order valence-electron chi connectivity index (χ1n) is 5.30. The zero-order valence-corrected chi connectivity index (χ0v) is 9.87. The molecule has 18 heavy (non-hydrogen) atoms. The molecule has 0 aromatic carbocycles. The number of carbonyl (C=O) groups excluding carboxylic acids is 1. The lowest BCUT2D eigenvalue weighted by Crippen LogP contribution is -2.62. The minimum atomic E-state index is -3.60. The Balaban J connectivity index is 2.85. The molecule has 1 aliphatic rings. The van der Waals surface area contributed by atoms with Crippen LogP contribution in [0.5, 0.6) is 0 Å². The van der Waals surface area contributed by atoms with Crippen molar-refractivity contribution in [3.05, 3.63) is 0 Å². The van der Waals surface area contributed by atoms with E-state index < -0.39 is 35.8 Å². The number of hydrogen-bond acceptors (Lipinski definition) is 3. The smallest absolute Gasteiger partial charge is 0.410 e. The highest BCUT2D eigenvalue weighted by Gasteiger charge is 2.59. The average Bonchev–Trinajstić information content (AvgIpc) is 3.00. The molecule has 0 aromatic rings. The van der Waals surface area contributed by atoms with Crippen molar-refractivity contribution in [3.8, 4) is 0 Å². The predicted molar refractivity (Wildman–Crippen MR) is 53.9 cm³/mol. The van der Waals surface area contributed by atoms with Crippen LogP contribution in [0.2, 0.25) is 0 Å². The van der Waals surface area contributed by atoms with Crippen LogP contribution in [0, 0.1) is 5.41 Å². The van der Waals surface area contributed by atoms with E-state index in [0.717, 1.165) is 0 Å². The van der Waals surface area contributed by atoms with Crippen molar-refractivity contribution in [2.45, 2.75) is 45.0 Å². The van der Waals surface area contributed by atoms with Crippen molar-refractivity contribution in [3.63, 3.8) is 0 Å². The second kappa shape index (κ2) is 4.66. The lowest BCUT2D eigenvalue weighted by atomic mass is 9.82. The van der Waals surface area contributed by atoms with Gasteiger partial charge in [-0.05, 0) is 26.7 Å². The number of carboxylic acid groups (broad SMARTS) is 1. The fraction of sp³-hybridized carbons (Fsp3) is 0.800. The Kier molecular flexibility index (Phi) is 3.78. The fourth-order valence-corrected chi connectivity index (χ4v) is 1.15. The van der Waals surface area contributed by atoms with E-state index in [9.17, 15) is 22.8 Å². The Hall–Kier alpha value is -1.47. The van der Waals surface area contributed by atoms with E-state index in [1.54, 1.807) is 0 Å². The maximum Gasteiger partial charge on any atom is 0.410 e. The van der Waals surface area contributed by atoms with Gasteiger partial charge in [-0.2, -0.15) is 0 Å². The highest BCUT2D eigenvalue weighted by Crippen LogP contribution is 2.39. The van der Waals surface area contributed by atoms with E-state index in [-0.39, 0.29) is 0 Å². The zero-order chi connectivity index (χ0) is 14.1. The van der Waals surface area contributed by atoms with Gasteiger partial charge >= 0.3 is 12.1 Å². The van der Waals surface area contributed by atoms with Crippen LogP contribution < -0.4 is 5.32 Å². The first-order valence-corrected chi connectivity index (χ1v) is 5.30. The quantitative estimate of drug-likeness (QED) is 0.747. The van der Waals surface area contributed by atoms with Crippen LogP contribution in [-0.2, 0) is 9.53 Å². The van der Waals surface area contributed by atoms with Crippen LogP contribution in [0.1, 0.15) is 26.7 Å². The minimum absolute atomic E-state index is 0.391. The number of ether oxygens (including phenoxy) is 1. The van der Waals surface area contributed by atoms with E-state index >= 15 is 0 Å². The molecule has 1 atom stereocenters. The van der Waals surface area contributed by atoms with Gasteiger partial charge in [-0.15, -0.1) is 0 Å². The largest absolute Gasteiger partial charge is 0.477 e. The molecule has 1 aliphatic carbocycles. The highest BCUT2D eigenvalue weighted by atomic mass is 19.3. The molecule has 0 bridgehead atoms. The van der Waals surface area contributed by atoms with Gasteiger partial charge in [-0.25, -0.2) is 22.8 Å². The number of alkyl halides is 3. The summed E-state index contributed by atoms with van der Waals surface area (Å²) in [4.78, 5) is 22.0. The number of rotatable bonds is 5. The summed E-state index contributed by atoms with van der Waals surface area (Å²) in [6.07, 6.45) is -3.83. The van der Waals surface area contributed by atoms with Crippen LogP contribution in [0.3, 0.4) is 0 Å². The molecule has 1 fully saturated rings. The molecule has 0 saturated heterocycles. The second-order valence-electron chi connectivity index (χ2n) is 4.72. The summed E-state index contributed by atoms with van der Waals surface area (Å²) in [7, 11) is 0. The van der Waals surface area contributed by atoms with E-state index in [4.69, 9.17) is 5.11 Å². The van der Waals surface area contributed by atoms with Crippen LogP contribution in [-0.4, -0.2) is 35.5 Å². The molecule has 8 heteroatoms. The van der Waals surface area contributed by atoms with Crippen molar-refractivity contribution >= 4 is 12.1 Å². The maximum absolute atomic E-state index is 14.2. The van der Waals surface area contributed by atoms with Crippen molar-refractivity contribution in [2.24, 2.45) is 5.41 Å². The SMILES string of the molecule is CC(C)(C(F)F)C(F)(NC(=O)OC1CC1)C(=O)O. The summed E-state index contributed by atoms with van der Waals surface area (Å²) < 4.78 is 44.2. The lowest BCUT2D eigenvalue weighted by Gasteiger charge is -2.36. The average molecular weight is 269 g/mol. The Labute approximate surface area is 101 Å². The number of carbonyl (C=O) groups is 2. The molecule has 1 amide bonds. The normalized spacial score (nSPS) is 19.2. The molecule has 0 aromatic heterocycles. The topological polar surface area (TPSA) is 75.6 Å². The van der Waals surface area contributed by atoms with E-state index in [1.807, 2.05) is 0 Å². The van der Waals surface area contributed by atoms with Crippen LogP contribution in [0.15, 0.2) is 0 Å². The number of aliphatic carboxylic acids is 1. The molecule has 0 radical (unpaired) electrons. The second-order valence-corrected chi connectivity index (χ2v) is 4.72. The van der Waals surface area contributed by atoms with Gasteiger partial charge in [-0.3, -0.25) is 5.32 Å². The Morgan fingerprint density at radius 1 is 1.39 bits per heavy atom. The van der Waals surface area contributed by atoms with Gasteiger partial charge in [0.2, 0.25) is 6.43 Å². The number of halogens is 3. The van der Waals surface area contributed by atoms with Gasteiger partial charge in [0, 0.05) is 0 Å². The van der Waals surface area contributed by atoms with Gasteiger partial charge in [0.15, 0.2) is 0 Å². The third-order valence-electron chi connectivity index (χ3n) is 2.80. The Morgan fingerprint density at radius 3 is 2.22 bits per heavy atom. The van der Waals surface area contributed by atoms with Crippen molar-refractivity contribution < 1.29 is 32.6 Å². The van der Waals surface area contributed by atoms with Gasteiger partial charge in [0.25, 0.3) is 5.79 Å². The fourth-order valence-electron chi connectivity index (χ4n) is 1.15. The maximum atomic E-state index is 14.2. The van der Waals surface area contributed by atoms with Gasteiger partial charge in [-0.1, -0.05) is 0 Å². The third kappa shape index (κ3) is 2.68. The summed E-state index contributed by atoms with van der Waals surface area (Å²) in [5.74, 6) is -5.80. The molecule has 1 saturated carbocycles. The molecule has 0 aliphatic heterocycles. The molecule has 1 unspecified atom stereocenters. The molecular weight excluding hydrogens is 255 g/mol. The molecule has 2 N–H and O–H groups in total. The summed E-state index contributed by atoms with van der Waals surface area (Å²) in [6, 6.07) is 0. The number of nitrogens with one attached hydrogen (secondary N) is 1. The molecule has 5 nitrogen and oxygen atoms in total. The van der Waals surface area contributed by atoms with Crippen LogP contribution in [0.25, 0.3) is 0 Å². The minimum Gasteiger partial charge on any atom is -0.477 e. The van der Waals surface area contributed by atoms with Gasteiger partial charge in [0.1, 0.15) is 6.10 Å². The summed E-state index contributed by atoms with van der Waals surface area (Å²) >= 11 is 0. The van der Waals surface area contributed by atoms with E-state index in [0.29, 0.717) is 26.7 Å². The molecule has 0 heterocycles. The number of amides is 1. The summed E-state index contributed by atoms with van der Waals surface area (Å²) in [5, 5.41) is 10.1. The van der Waals surface area contributed by atoms with Crippen molar-refractivity contribution in [1.82, 2.24) is 5.32 Å². The number of carboxylic acids is 1. The van der Waals surface area contributed by atoms with Crippen molar-refractivity contribution in [2.75, 3.05) is 0 Å². The molecule has 0 spiro atoms.